The molecule has 0 radical (unpaired) electrons. The van der Waals surface area contributed by atoms with Crippen LogP contribution in [0.4, 0.5) is 0 Å². The summed E-state index contributed by atoms with van der Waals surface area (Å²) in [7, 11) is 1.87. The van der Waals surface area contributed by atoms with Crippen LogP contribution in [0.2, 0.25) is 0 Å². The highest BCUT2D eigenvalue weighted by Gasteiger charge is 2.20. The molecule has 0 aliphatic heterocycles. The number of nitrogens with zero attached hydrogens (tertiary/aromatic N) is 3. The topological polar surface area (TPSA) is 63.6 Å². The lowest BCUT2D eigenvalue weighted by Gasteiger charge is -2.09. The first-order valence-electron chi connectivity index (χ1n) is 6.75. The molecule has 1 saturated carbocycles. The third-order valence-corrected chi connectivity index (χ3v) is 3.80. The molecule has 1 aliphatic carbocycles. The van der Waals surface area contributed by atoms with Gasteiger partial charge in [-0.2, -0.15) is 5.10 Å². The average Bonchev–Trinajstić information content (AvgIpc) is 2.98. The Bertz CT molecular complexity index is 650. The van der Waals surface area contributed by atoms with Gasteiger partial charge in [0.2, 0.25) is 0 Å². The first-order valence-corrected chi connectivity index (χ1v) is 6.75. The first kappa shape index (κ1) is 12.1. The summed E-state index contributed by atoms with van der Waals surface area (Å²) in [6, 6.07) is 1.64. The number of aromatic nitrogens is 4. The normalized spacial score (nSPS) is 16.1. The second-order valence-electron chi connectivity index (χ2n) is 5.30. The van der Waals surface area contributed by atoms with E-state index in [1.807, 2.05) is 20.2 Å². The van der Waals surface area contributed by atoms with Crippen LogP contribution in [-0.2, 0) is 7.05 Å². The second-order valence-corrected chi connectivity index (χ2v) is 5.30. The number of hydrogen-bond donors (Lipinski definition) is 1. The van der Waals surface area contributed by atoms with Gasteiger partial charge in [0, 0.05) is 25.2 Å². The lowest BCUT2D eigenvalue weighted by atomic mass is 10.0. The van der Waals surface area contributed by atoms with Gasteiger partial charge >= 0.3 is 0 Å². The molecular formula is C14H18N4O. The molecule has 0 unspecified atom stereocenters. The lowest BCUT2D eigenvalue weighted by molar-refractivity contribution is 0.693. The average molecular weight is 258 g/mol. The fourth-order valence-corrected chi connectivity index (χ4v) is 2.87. The second kappa shape index (κ2) is 4.64. The fraction of sp³-hybridized carbons (Fsp3) is 0.500. The Hall–Kier alpha value is -1.91. The monoisotopic (exact) mass is 258 g/mol. The molecule has 0 aromatic carbocycles. The van der Waals surface area contributed by atoms with E-state index in [4.69, 9.17) is 0 Å². The molecule has 2 aromatic rings. The smallest absolute Gasteiger partial charge is 0.251 e. The third kappa shape index (κ3) is 2.32. The van der Waals surface area contributed by atoms with E-state index in [0.717, 1.165) is 29.8 Å². The fourth-order valence-electron chi connectivity index (χ4n) is 2.87. The lowest BCUT2D eigenvalue weighted by Crippen LogP contribution is -2.12. The van der Waals surface area contributed by atoms with Crippen LogP contribution < -0.4 is 5.56 Å². The number of H-pyrrole nitrogens is 1. The summed E-state index contributed by atoms with van der Waals surface area (Å²) < 4.78 is 1.74. The van der Waals surface area contributed by atoms with Gasteiger partial charge in [0.25, 0.3) is 5.56 Å². The van der Waals surface area contributed by atoms with Crippen molar-refractivity contribution < 1.29 is 0 Å². The van der Waals surface area contributed by atoms with Crippen LogP contribution in [0.1, 0.15) is 43.0 Å². The summed E-state index contributed by atoms with van der Waals surface area (Å²) in [4.78, 5) is 19.3. The van der Waals surface area contributed by atoms with Crippen molar-refractivity contribution in [1.29, 1.82) is 0 Å². The summed E-state index contributed by atoms with van der Waals surface area (Å²) in [6.45, 7) is 1.93. The number of aryl methyl sites for hydroxylation is 2. The van der Waals surface area contributed by atoms with E-state index in [9.17, 15) is 4.79 Å². The van der Waals surface area contributed by atoms with Gasteiger partial charge in [-0.25, -0.2) is 4.98 Å². The molecular weight excluding hydrogens is 240 g/mol. The molecule has 1 N–H and O–H groups in total. The Labute approximate surface area is 111 Å². The molecule has 100 valence electrons. The highest BCUT2D eigenvalue weighted by molar-refractivity contribution is 5.56. The summed E-state index contributed by atoms with van der Waals surface area (Å²) >= 11 is 0. The van der Waals surface area contributed by atoms with Crippen LogP contribution in [0.25, 0.3) is 11.4 Å². The maximum atomic E-state index is 11.8. The van der Waals surface area contributed by atoms with Gasteiger partial charge in [0.15, 0.2) is 0 Å². The number of aromatic amines is 1. The molecule has 2 aromatic heterocycles. The molecule has 0 bridgehead atoms. The van der Waals surface area contributed by atoms with Crippen LogP contribution in [0.3, 0.4) is 0 Å². The predicted molar refractivity (Wildman–Crippen MR) is 73.0 cm³/mol. The van der Waals surface area contributed by atoms with Crippen molar-refractivity contribution >= 4 is 0 Å². The standard InChI is InChI=1S/C14H18N4O/c1-9-11(8-18(2)17-9)14-15-12(7-13(19)16-14)10-5-3-4-6-10/h7-8,10H,3-6H2,1-2H3,(H,15,16,19). The van der Waals surface area contributed by atoms with E-state index in [1.54, 1.807) is 10.7 Å². The van der Waals surface area contributed by atoms with Crippen molar-refractivity contribution in [2.75, 3.05) is 0 Å². The summed E-state index contributed by atoms with van der Waals surface area (Å²) in [5.41, 5.74) is 2.64. The molecule has 1 fully saturated rings. The van der Waals surface area contributed by atoms with E-state index in [2.05, 4.69) is 15.1 Å². The number of rotatable bonds is 2. The largest absolute Gasteiger partial charge is 0.306 e. The van der Waals surface area contributed by atoms with Gasteiger partial charge in [-0.15, -0.1) is 0 Å². The van der Waals surface area contributed by atoms with Crippen molar-refractivity contribution in [1.82, 2.24) is 19.7 Å². The van der Waals surface area contributed by atoms with E-state index in [1.165, 1.54) is 12.8 Å². The molecule has 19 heavy (non-hydrogen) atoms. The van der Waals surface area contributed by atoms with E-state index < -0.39 is 0 Å². The third-order valence-electron chi connectivity index (χ3n) is 3.80. The Morgan fingerprint density at radius 2 is 2.11 bits per heavy atom. The Morgan fingerprint density at radius 3 is 2.74 bits per heavy atom. The van der Waals surface area contributed by atoms with Crippen LogP contribution in [-0.4, -0.2) is 19.7 Å². The minimum absolute atomic E-state index is 0.0739. The Kier molecular flexibility index (Phi) is 2.97. The van der Waals surface area contributed by atoms with Crippen LogP contribution >= 0.6 is 0 Å². The first-order chi connectivity index (χ1) is 9.13. The maximum Gasteiger partial charge on any atom is 0.251 e. The van der Waals surface area contributed by atoms with Crippen molar-refractivity contribution in [2.45, 2.75) is 38.5 Å². The summed E-state index contributed by atoms with van der Waals surface area (Å²) in [6.07, 6.45) is 6.65. The molecule has 0 amide bonds. The predicted octanol–water partition coefficient (Wildman–Crippen LogP) is 2.14. The molecule has 0 atom stereocenters. The quantitative estimate of drug-likeness (QED) is 0.897. The van der Waals surface area contributed by atoms with Gasteiger partial charge < -0.3 is 4.98 Å². The highest BCUT2D eigenvalue weighted by atomic mass is 16.1. The molecule has 3 rings (SSSR count). The SMILES string of the molecule is Cc1nn(C)cc1-c1nc(C2CCCC2)cc(=O)[nH]1. The van der Waals surface area contributed by atoms with E-state index in [0.29, 0.717) is 11.7 Å². The number of hydrogen-bond acceptors (Lipinski definition) is 3. The molecule has 1 aliphatic rings. The molecule has 2 heterocycles. The minimum Gasteiger partial charge on any atom is -0.306 e. The van der Waals surface area contributed by atoms with E-state index in [-0.39, 0.29) is 5.56 Å². The Morgan fingerprint density at radius 1 is 1.37 bits per heavy atom. The minimum atomic E-state index is -0.0739. The van der Waals surface area contributed by atoms with Gasteiger partial charge in [-0.05, 0) is 19.8 Å². The van der Waals surface area contributed by atoms with Crippen molar-refractivity contribution in [3.8, 4) is 11.4 Å². The van der Waals surface area contributed by atoms with E-state index >= 15 is 0 Å². The van der Waals surface area contributed by atoms with Gasteiger partial charge in [0.1, 0.15) is 5.82 Å². The number of nitrogens with one attached hydrogen (secondary N) is 1. The maximum absolute atomic E-state index is 11.8. The van der Waals surface area contributed by atoms with Crippen LogP contribution in [0.15, 0.2) is 17.1 Å². The zero-order valence-electron chi connectivity index (χ0n) is 11.3. The van der Waals surface area contributed by atoms with Crippen LogP contribution in [0, 0.1) is 6.92 Å². The highest BCUT2D eigenvalue weighted by Crippen LogP contribution is 2.33. The summed E-state index contributed by atoms with van der Waals surface area (Å²) in [5.74, 6) is 1.08. The summed E-state index contributed by atoms with van der Waals surface area (Å²) in [5, 5.41) is 4.30. The van der Waals surface area contributed by atoms with Crippen molar-refractivity contribution in [2.24, 2.45) is 7.05 Å². The zero-order chi connectivity index (χ0) is 13.4. The molecule has 0 saturated heterocycles. The van der Waals surface area contributed by atoms with Crippen molar-refractivity contribution in [3.05, 3.63) is 34.0 Å². The molecule has 5 heteroatoms. The Balaban J connectivity index is 2.06. The zero-order valence-corrected chi connectivity index (χ0v) is 11.3. The van der Waals surface area contributed by atoms with Crippen molar-refractivity contribution in [3.63, 3.8) is 0 Å². The van der Waals surface area contributed by atoms with Gasteiger partial charge in [0.05, 0.1) is 17.0 Å². The van der Waals surface area contributed by atoms with Gasteiger partial charge in [-0.3, -0.25) is 9.48 Å². The molecule has 5 nitrogen and oxygen atoms in total. The van der Waals surface area contributed by atoms with Gasteiger partial charge in [-0.1, -0.05) is 12.8 Å². The van der Waals surface area contributed by atoms with Crippen LogP contribution in [0.5, 0.6) is 0 Å². The molecule has 0 spiro atoms.